The fourth-order valence-corrected chi connectivity index (χ4v) is 2.57. The van der Waals surface area contributed by atoms with E-state index < -0.39 is 5.83 Å². The lowest BCUT2D eigenvalue weighted by Gasteiger charge is -2.14. The number of pyridine rings is 1. The highest BCUT2D eigenvalue weighted by Gasteiger charge is 2.09. The molecule has 0 bridgehead atoms. The summed E-state index contributed by atoms with van der Waals surface area (Å²) >= 11 is 0. The first-order valence-electron chi connectivity index (χ1n) is 8.72. The number of rotatable bonds is 5. The molecule has 1 aromatic carbocycles. The fourth-order valence-electron chi connectivity index (χ4n) is 2.57. The van der Waals surface area contributed by atoms with Gasteiger partial charge in [0.1, 0.15) is 5.83 Å². The Morgan fingerprint density at radius 3 is 2.61 bits per heavy atom. The van der Waals surface area contributed by atoms with Crippen molar-refractivity contribution in [3.63, 3.8) is 0 Å². The Hall–Kier alpha value is -3.41. The Bertz CT molecular complexity index is 1020. The number of halogens is 1. The van der Waals surface area contributed by atoms with Crippen LogP contribution < -0.4 is 10.9 Å². The van der Waals surface area contributed by atoms with E-state index >= 15 is 0 Å². The Kier molecular flexibility index (Phi) is 6.71. The zero-order valence-corrected chi connectivity index (χ0v) is 16.5. The average Bonchev–Trinajstić information content (AvgIpc) is 2.65. The van der Waals surface area contributed by atoms with Crippen molar-refractivity contribution in [2.24, 2.45) is 0 Å². The predicted molar refractivity (Wildman–Crippen MR) is 113 cm³/mol. The van der Waals surface area contributed by atoms with Gasteiger partial charge >= 0.3 is 6.03 Å². The first kappa shape index (κ1) is 20.9. The molecule has 2 rings (SSSR count). The summed E-state index contributed by atoms with van der Waals surface area (Å²) in [6.07, 6.45) is 5.82. The van der Waals surface area contributed by atoms with Gasteiger partial charge in [0.15, 0.2) is 0 Å². The summed E-state index contributed by atoms with van der Waals surface area (Å²) in [5.41, 5.74) is 3.41. The number of carbonyl (C=O) groups is 1. The van der Waals surface area contributed by atoms with Crippen molar-refractivity contribution >= 4 is 17.3 Å². The van der Waals surface area contributed by atoms with Gasteiger partial charge in [-0.25, -0.2) is 9.18 Å². The van der Waals surface area contributed by atoms with Crippen molar-refractivity contribution < 1.29 is 9.18 Å². The summed E-state index contributed by atoms with van der Waals surface area (Å²) in [5, 5.41) is 2.76. The molecular weight excluding hydrogens is 357 g/mol. The van der Waals surface area contributed by atoms with E-state index in [9.17, 15) is 14.0 Å². The van der Waals surface area contributed by atoms with Gasteiger partial charge in [-0.05, 0) is 60.9 Å². The molecule has 5 nitrogen and oxygen atoms in total. The lowest BCUT2D eigenvalue weighted by molar-refractivity contribution is 0.230. The quantitative estimate of drug-likeness (QED) is 0.765. The molecule has 1 N–H and O–H groups in total. The van der Waals surface area contributed by atoms with Crippen LogP contribution in [0.5, 0.6) is 0 Å². The maximum atomic E-state index is 13.3. The van der Waals surface area contributed by atoms with Crippen molar-refractivity contribution in [2.75, 3.05) is 19.4 Å². The number of nitrogens with one attached hydrogen (secondary N) is 1. The van der Waals surface area contributed by atoms with E-state index in [1.807, 2.05) is 13.8 Å². The van der Waals surface area contributed by atoms with Gasteiger partial charge in [0, 0.05) is 32.0 Å². The van der Waals surface area contributed by atoms with Gasteiger partial charge in [-0.3, -0.25) is 9.36 Å². The standard InChI is InChI=1S/C22H24FN3O2/c1-6-17(23)11-10-15(2)20-14-26(21(27)12-16(20)3)19-9-7-8-18(13-19)24-22(28)25(4)5/h6-14H,1H2,2-5H3,(H,24,28)/b15-10+,17-11+. The van der Waals surface area contributed by atoms with Gasteiger partial charge in [0.2, 0.25) is 0 Å². The highest BCUT2D eigenvalue weighted by Crippen LogP contribution is 2.20. The predicted octanol–water partition coefficient (Wildman–Crippen LogP) is 4.68. The van der Waals surface area contributed by atoms with E-state index in [0.717, 1.165) is 22.8 Å². The van der Waals surface area contributed by atoms with E-state index in [4.69, 9.17) is 0 Å². The van der Waals surface area contributed by atoms with Crippen LogP contribution in [0.25, 0.3) is 11.3 Å². The average molecular weight is 381 g/mol. The molecule has 1 heterocycles. The molecule has 0 aliphatic carbocycles. The van der Waals surface area contributed by atoms with Crippen molar-refractivity contribution in [3.8, 4) is 5.69 Å². The molecule has 0 aliphatic heterocycles. The van der Waals surface area contributed by atoms with Gasteiger partial charge in [-0.1, -0.05) is 18.7 Å². The molecule has 1 aromatic heterocycles. The molecular formula is C22H24FN3O2. The maximum absolute atomic E-state index is 13.3. The van der Waals surface area contributed by atoms with Gasteiger partial charge in [-0.15, -0.1) is 0 Å². The van der Waals surface area contributed by atoms with E-state index in [2.05, 4.69) is 11.9 Å². The molecule has 0 atom stereocenters. The number of benzene rings is 1. The zero-order valence-electron chi connectivity index (χ0n) is 16.5. The zero-order chi connectivity index (χ0) is 20.8. The molecule has 0 radical (unpaired) electrons. The molecule has 2 amide bonds. The minimum atomic E-state index is -0.436. The Morgan fingerprint density at radius 1 is 1.25 bits per heavy atom. The van der Waals surface area contributed by atoms with Crippen LogP contribution in [0.3, 0.4) is 0 Å². The summed E-state index contributed by atoms with van der Waals surface area (Å²) < 4.78 is 14.8. The molecule has 0 saturated heterocycles. The first-order valence-corrected chi connectivity index (χ1v) is 8.72. The van der Waals surface area contributed by atoms with Gasteiger partial charge < -0.3 is 10.2 Å². The molecule has 0 fully saturated rings. The second-order valence-electron chi connectivity index (χ2n) is 6.56. The second-order valence-corrected chi connectivity index (χ2v) is 6.56. The van der Waals surface area contributed by atoms with Crippen LogP contribution >= 0.6 is 0 Å². The van der Waals surface area contributed by atoms with Crippen LogP contribution in [0, 0.1) is 6.92 Å². The Morgan fingerprint density at radius 2 is 1.96 bits per heavy atom. The third kappa shape index (κ3) is 5.07. The molecule has 2 aromatic rings. The van der Waals surface area contributed by atoms with E-state index in [-0.39, 0.29) is 11.6 Å². The molecule has 6 heteroatoms. The molecule has 0 unspecified atom stereocenters. The number of hydrogen-bond acceptors (Lipinski definition) is 2. The normalized spacial score (nSPS) is 11.9. The number of aromatic nitrogens is 1. The van der Waals surface area contributed by atoms with Crippen LogP contribution in [0.1, 0.15) is 18.1 Å². The van der Waals surface area contributed by atoms with Crippen molar-refractivity contribution in [1.82, 2.24) is 9.47 Å². The van der Waals surface area contributed by atoms with Crippen LogP contribution in [0.2, 0.25) is 0 Å². The molecule has 0 saturated carbocycles. The number of hydrogen-bond donors (Lipinski definition) is 1. The van der Waals surface area contributed by atoms with Crippen molar-refractivity contribution in [1.29, 1.82) is 0 Å². The van der Waals surface area contributed by atoms with Gasteiger partial charge in [0.05, 0.1) is 5.69 Å². The van der Waals surface area contributed by atoms with E-state index in [1.165, 1.54) is 21.6 Å². The molecule has 0 spiro atoms. The monoisotopic (exact) mass is 381 g/mol. The minimum absolute atomic E-state index is 0.196. The van der Waals surface area contributed by atoms with Gasteiger partial charge in [0.25, 0.3) is 5.56 Å². The highest BCUT2D eigenvalue weighted by molar-refractivity contribution is 5.89. The van der Waals surface area contributed by atoms with Crippen molar-refractivity contribution in [3.05, 3.63) is 88.6 Å². The summed E-state index contributed by atoms with van der Waals surface area (Å²) in [7, 11) is 3.30. The Balaban J connectivity index is 2.48. The number of allylic oxidation sites excluding steroid dienone is 5. The maximum Gasteiger partial charge on any atom is 0.321 e. The highest BCUT2D eigenvalue weighted by atomic mass is 19.1. The lowest BCUT2D eigenvalue weighted by atomic mass is 10.0. The molecule has 28 heavy (non-hydrogen) atoms. The number of nitrogens with zero attached hydrogens (tertiary/aromatic N) is 2. The SMILES string of the molecule is C=C/C(F)=C\C=C(/C)c1cn(-c2cccc(NC(=O)N(C)C)c2)c(=O)cc1C. The summed E-state index contributed by atoms with van der Waals surface area (Å²) in [6.45, 7) is 7.06. The number of urea groups is 1. The molecule has 0 aliphatic rings. The van der Waals surface area contributed by atoms with Crippen LogP contribution in [0.15, 0.2) is 72.0 Å². The van der Waals surface area contributed by atoms with Gasteiger partial charge in [-0.2, -0.15) is 0 Å². The van der Waals surface area contributed by atoms with E-state index in [1.54, 1.807) is 50.6 Å². The van der Waals surface area contributed by atoms with Crippen LogP contribution in [-0.4, -0.2) is 29.6 Å². The largest absolute Gasteiger partial charge is 0.331 e. The second kappa shape index (κ2) is 8.99. The fraction of sp³-hybridized carbons (Fsp3) is 0.182. The van der Waals surface area contributed by atoms with Crippen LogP contribution in [-0.2, 0) is 0 Å². The third-order valence-electron chi connectivity index (χ3n) is 4.15. The van der Waals surface area contributed by atoms with Crippen molar-refractivity contribution in [2.45, 2.75) is 13.8 Å². The summed E-state index contributed by atoms with van der Waals surface area (Å²) in [5.74, 6) is -0.436. The minimum Gasteiger partial charge on any atom is -0.331 e. The number of anilines is 1. The summed E-state index contributed by atoms with van der Waals surface area (Å²) in [6, 6.07) is 8.28. The lowest BCUT2D eigenvalue weighted by Crippen LogP contribution is -2.27. The number of amides is 2. The summed E-state index contributed by atoms with van der Waals surface area (Å²) in [4.78, 5) is 25.8. The third-order valence-corrected chi connectivity index (χ3v) is 4.15. The number of aryl methyl sites for hydroxylation is 1. The molecule has 146 valence electrons. The topological polar surface area (TPSA) is 54.3 Å². The van der Waals surface area contributed by atoms with E-state index in [0.29, 0.717) is 11.4 Å². The number of carbonyl (C=O) groups excluding carboxylic acids is 1. The smallest absolute Gasteiger partial charge is 0.321 e. The van der Waals surface area contributed by atoms with Crippen LogP contribution in [0.4, 0.5) is 14.9 Å². The first-order chi connectivity index (χ1) is 13.2. The Labute approximate surface area is 164 Å².